The molecule has 5 nitrogen and oxygen atoms in total. The quantitative estimate of drug-likeness (QED) is 0.495. The highest BCUT2D eigenvalue weighted by Gasteiger charge is 2.22. The molecular formula is C16H20N2O3. The number of nitrogens with one attached hydrogen (secondary N) is 1. The number of ether oxygens (including phenoxy) is 1. The first-order chi connectivity index (χ1) is 10.2. The molecule has 0 spiro atoms. The summed E-state index contributed by atoms with van der Waals surface area (Å²) in [6.07, 6.45) is 9.93. The Bertz CT molecular complexity index is 552. The summed E-state index contributed by atoms with van der Waals surface area (Å²) < 4.78 is 6.02. The van der Waals surface area contributed by atoms with E-state index in [1.54, 1.807) is 12.1 Å². The highest BCUT2D eigenvalue weighted by atomic mass is 16.6. The number of nitro groups is 1. The molecule has 1 aromatic carbocycles. The lowest BCUT2D eigenvalue weighted by molar-refractivity contribution is -0.384. The van der Waals surface area contributed by atoms with Crippen LogP contribution in [-0.4, -0.2) is 17.1 Å². The summed E-state index contributed by atoms with van der Waals surface area (Å²) in [5.41, 5.74) is 0.990. The van der Waals surface area contributed by atoms with Crippen molar-refractivity contribution in [3.63, 3.8) is 0 Å². The van der Waals surface area contributed by atoms with Gasteiger partial charge in [0.15, 0.2) is 0 Å². The first-order valence-electron chi connectivity index (χ1n) is 7.56. The van der Waals surface area contributed by atoms with E-state index in [-0.39, 0.29) is 16.7 Å². The van der Waals surface area contributed by atoms with Gasteiger partial charge < -0.3 is 10.1 Å². The van der Waals surface area contributed by atoms with Crippen LogP contribution in [0.3, 0.4) is 0 Å². The minimum Gasteiger partial charge on any atom is -0.486 e. The summed E-state index contributed by atoms with van der Waals surface area (Å²) in [4.78, 5) is 10.6. The Hall–Kier alpha value is -1.88. The second-order valence-electron chi connectivity index (χ2n) is 5.72. The molecule has 0 bridgehead atoms. The van der Waals surface area contributed by atoms with Crippen LogP contribution in [0.2, 0.25) is 0 Å². The molecule has 112 valence electrons. The number of rotatable bonds is 6. The summed E-state index contributed by atoms with van der Waals surface area (Å²) in [5, 5.41) is 14.3. The van der Waals surface area contributed by atoms with Gasteiger partial charge in [-0.15, -0.1) is 0 Å². The van der Waals surface area contributed by atoms with E-state index < -0.39 is 0 Å². The molecule has 1 atom stereocenters. The number of non-ortho nitro benzene ring substituents is 1. The fourth-order valence-electron chi connectivity index (χ4n) is 2.52. The van der Waals surface area contributed by atoms with Crippen molar-refractivity contribution in [1.82, 2.24) is 5.32 Å². The van der Waals surface area contributed by atoms with Gasteiger partial charge in [-0.25, -0.2) is 0 Å². The standard InChI is InChI=1S/C16H20N2O3/c19-18(20)14-8-9-16(21-15-4-2-1-3-5-15)12(10-14)11-17-13-6-7-13/h2,4,8-10,13,15,17H,1,3,5-7,11H2. The Balaban J connectivity index is 1.76. The SMILES string of the molecule is O=[N+]([O-])c1ccc(OC2C=CCCC2)c(CNC2CC2)c1. The van der Waals surface area contributed by atoms with Crippen LogP contribution in [0.1, 0.15) is 37.7 Å². The number of nitro benzene ring substituents is 1. The molecule has 0 heterocycles. The predicted molar refractivity (Wildman–Crippen MR) is 80.4 cm³/mol. The van der Waals surface area contributed by atoms with E-state index >= 15 is 0 Å². The van der Waals surface area contributed by atoms with Crippen LogP contribution in [0.15, 0.2) is 30.4 Å². The molecule has 0 saturated heterocycles. The lowest BCUT2D eigenvalue weighted by Gasteiger charge is -2.20. The molecule has 0 aromatic heterocycles. The van der Waals surface area contributed by atoms with Crippen LogP contribution < -0.4 is 10.1 Å². The van der Waals surface area contributed by atoms with E-state index in [1.165, 1.54) is 18.9 Å². The molecule has 2 aliphatic rings. The molecular weight excluding hydrogens is 268 g/mol. The van der Waals surface area contributed by atoms with Crippen molar-refractivity contribution >= 4 is 5.69 Å². The van der Waals surface area contributed by atoms with Gasteiger partial charge in [0, 0.05) is 30.3 Å². The Labute approximate surface area is 124 Å². The van der Waals surface area contributed by atoms with E-state index in [2.05, 4.69) is 17.5 Å². The van der Waals surface area contributed by atoms with Crippen LogP contribution in [0.25, 0.3) is 0 Å². The molecule has 2 aliphatic carbocycles. The maximum atomic E-state index is 10.9. The monoisotopic (exact) mass is 288 g/mol. The Morgan fingerprint density at radius 3 is 2.86 bits per heavy atom. The zero-order valence-electron chi connectivity index (χ0n) is 12.0. The number of nitrogens with zero attached hydrogens (tertiary/aromatic N) is 1. The van der Waals surface area contributed by atoms with Crippen LogP contribution in [-0.2, 0) is 6.54 Å². The third kappa shape index (κ3) is 3.82. The first-order valence-corrected chi connectivity index (χ1v) is 7.56. The summed E-state index contributed by atoms with van der Waals surface area (Å²) >= 11 is 0. The second-order valence-corrected chi connectivity index (χ2v) is 5.72. The van der Waals surface area contributed by atoms with E-state index in [9.17, 15) is 10.1 Å². The molecule has 0 aliphatic heterocycles. The van der Waals surface area contributed by atoms with E-state index in [0.29, 0.717) is 12.6 Å². The summed E-state index contributed by atoms with van der Waals surface area (Å²) in [6, 6.07) is 5.43. The minimum absolute atomic E-state index is 0.0832. The van der Waals surface area contributed by atoms with E-state index in [4.69, 9.17) is 4.74 Å². The summed E-state index contributed by atoms with van der Waals surface area (Å²) in [7, 11) is 0. The van der Waals surface area contributed by atoms with Crippen LogP contribution in [0, 0.1) is 10.1 Å². The normalized spacial score (nSPS) is 21.2. The smallest absolute Gasteiger partial charge is 0.270 e. The van der Waals surface area contributed by atoms with Crippen molar-refractivity contribution in [3.8, 4) is 5.75 Å². The second kappa shape index (κ2) is 6.26. The Kier molecular flexibility index (Phi) is 4.20. The molecule has 21 heavy (non-hydrogen) atoms. The van der Waals surface area contributed by atoms with Gasteiger partial charge in [-0.05, 0) is 44.2 Å². The van der Waals surface area contributed by atoms with Gasteiger partial charge in [0.2, 0.25) is 0 Å². The number of hydrogen-bond donors (Lipinski definition) is 1. The molecule has 1 fully saturated rings. The van der Waals surface area contributed by atoms with Gasteiger partial charge >= 0.3 is 0 Å². The van der Waals surface area contributed by atoms with Gasteiger partial charge in [0.25, 0.3) is 5.69 Å². The average Bonchev–Trinajstić information content (AvgIpc) is 3.31. The lowest BCUT2D eigenvalue weighted by atomic mass is 10.1. The maximum absolute atomic E-state index is 10.9. The Morgan fingerprint density at radius 2 is 2.19 bits per heavy atom. The molecule has 1 aromatic rings. The minimum atomic E-state index is -0.356. The van der Waals surface area contributed by atoms with Crippen LogP contribution in [0.5, 0.6) is 5.75 Å². The summed E-state index contributed by atoms with van der Waals surface area (Å²) in [5.74, 6) is 0.755. The third-order valence-corrected chi connectivity index (χ3v) is 3.90. The van der Waals surface area contributed by atoms with E-state index in [1.807, 2.05) is 0 Å². The molecule has 1 N–H and O–H groups in total. The average molecular weight is 288 g/mol. The van der Waals surface area contributed by atoms with Crippen molar-refractivity contribution < 1.29 is 9.66 Å². The van der Waals surface area contributed by atoms with Crippen LogP contribution >= 0.6 is 0 Å². The van der Waals surface area contributed by atoms with Gasteiger partial charge in [0.05, 0.1) is 4.92 Å². The van der Waals surface area contributed by atoms with Gasteiger partial charge in [-0.3, -0.25) is 10.1 Å². The topological polar surface area (TPSA) is 64.4 Å². The highest BCUT2D eigenvalue weighted by molar-refractivity contribution is 5.44. The molecule has 1 saturated carbocycles. The number of allylic oxidation sites excluding steroid dienone is 1. The van der Waals surface area contributed by atoms with Crippen molar-refractivity contribution in [3.05, 3.63) is 46.0 Å². The largest absolute Gasteiger partial charge is 0.486 e. The molecule has 5 heteroatoms. The number of benzene rings is 1. The molecule has 0 amide bonds. The van der Waals surface area contributed by atoms with Gasteiger partial charge in [-0.2, -0.15) is 0 Å². The predicted octanol–water partition coefficient (Wildman–Crippen LogP) is 3.33. The van der Waals surface area contributed by atoms with Crippen molar-refractivity contribution in [2.24, 2.45) is 0 Å². The maximum Gasteiger partial charge on any atom is 0.270 e. The van der Waals surface area contributed by atoms with Gasteiger partial charge in [0.1, 0.15) is 11.9 Å². The molecule has 3 rings (SSSR count). The lowest BCUT2D eigenvalue weighted by Crippen LogP contribution is -2.19. The Morgan fingerprint density at radius 1 is 1.33 bits per heavy atom. The van der Waals surface area contributed by atoms with Gasteiger partial charge in [-0.1, -0.05) is 6.08 Å². The van der Waals surface area contributed by atoms with Crippen LogP contribution in [0.4, 0.5) is 5.69 Å². The molecule has 1 unspecified atom stereocenters. The zero-order valence-corrected chi connectivity index (χ0v) is 12.0. The zero-order chi connectivity index (χ0) is 14.7. The van der Waals surface area contributed by atoms with Crippen molar-refractivity contribution in [1.29, 1.82) is 0 Å². The fraction of sp³-hybridized carbons (Fsp3) is 0.500. The fourth-order valence-corrected chi connectivity index (χ4v) is 2.52. The summed E-state index contributed by atoms with van der Waals surface area (Å²) in [6.45, 7) is 0.623. The number of hydrogen-bond acceptors (Lipinski definition) is 4. The van der Waals surface area contributed by atoms with Crippen molar-refractivity contribution in [2.45, 2.75) is 50.8 Å². The third-order valence-electron chi connectivity index (χ3n) is 3.90. The highest BCUT2D eigenvalue weighted by Crippen LogP contribution is 2.28. The van der Waals surface area contributed by atoms with E-state index in [0.717, 1.165) is 30.6 Å². The van der Waals surface area contributed by atoms with Crippen molar-refractivity contribution in [2.75, 3.05) is 0 Å². The first kappa shape index (κ1) is 14.1. The molecule has 0 radical (unpaired) electrons.